The van der Waals surface area contributed by atoms with Crippen LogP contribution in [0, 0.1) is 12.7 Å². The number of aryl methyl sites for hydroxylation is 1. The number of hydrogen-bond donors (Lipinski definition) is 1. The molecule has 0 radical (unpaired) electrons. The zero-order valence-electron chi connectivity index (χ0n) is 18.1. The van der Waals surface area contributed by atoms with E-state index in [2.05, 4.69) is 15.5 Å². The highest BCUT2D eigenvalue weighted by Crippen LogP contribution is 2.26. The molecule has 0 fully saturated rings. The van der Waals surface area contributed by atoms with E-state index in [1.807, 2.05) is 31.2 Å². The van der Waals surface area contributed by atoms with Gasteiger partial charge in [0, 0.05) is 29.4 Å². The smallest absolute Gasteiger partial charge is 0.254 e. The van der Waals surface area contributed by atoms with Crippen molar-refractivity contribution < 1.29 is 18.4 Å². The number of likely N-dealkylation sites (N-methyl/N-ethyl adjacent to an activating group) is 1. The molecule has 7 nitrogen and oxygen atoms in total. The Morgan fingerprint density at radius 3 is 2.42 bits per heavy atom. The Morgan fingerprint density at radius 1 is 0.970 bits per heavy atom. The molecule has 1 N–H and O–H groups in total. The van der Waals surface area contributed by atoms with Crippen LogP contribution in [0.5, 0.6) is 0 Å². The second kappa shape index (κ2) is 9.44. The molecule has 0 aliphatic heterocycles. The van der Waals surface area contributed by atoms with E-state index in [0.717, 1.165) is 11.1 Å². The summed E-state index contributed by atoms with van der Waals surface area (Å²) in [7, 11) is 1.52. The van der Waals surface area contributed by atoms with Gasteiger partial charge in [-0.1, -0.05) is 24.3 Å². The van der Waals surface area contributed by atoms with E-state index in [9.17, 15) is 14.0 Å². The number of nitrogens with zero attached hydrogens (tertiary/aromatic N) is 3. The molecule has 0 saturated carbocycles. The maximum absolute atomic E-state index is 13.3. The minimum atomic E-state index is -0.454. The molecule has 166 valence electrons. The average Bonchev–Trinajstić information content (AvgIpc) is 3.29. The standard InChI is InChI=1S/C25H21FN4O3/c1-16-6-3-4-9-21(16)24-29-28-23(33-24)17-10-12-18(13-11-17)25(32)30(2)15-22(31)27-20-8-5-7-19(26)14-20/h3-14H,15H2,1-2H3,(H,27,31). The van der Waals surface area contributed by atoms with Crippen LogP contribution in [0.25, 0.3) is 22.9 Å². The fourth-order valence-electron chi connectivity index (χ4n) is 3.29. The van der Waals surface area contributed by atoms with Gasteiger partial charge in [-0.3, -0.25) is 9.59 Å². The minimum Gasteiger partial charge on any atom is -0.416 e. The molecular weight excluding hydrogens is 423 g/mol. The van der Waals surface area contributed by atoms with Crippen LogP contribution in [0.15, 0.2) is 77.2 Å². The van der Waals surface area contributed by atoms with Crippen LogP contribution in [0.1, 0.15) is 15.9 Å². The normalized spacial score (nSPS) is 10.6. The van der Waals surface area contributed by atoms with Crippen LogP contribution in [-0.4, -0.2) is 40.5 Å². The Labute approximate surface area is 189 Å². The van der Waals surface area contributed by atoms with Crippen molar-refractivity contribution in [3.8, 4) is 22.9 Å². The molecule has 0 atom stereocenters. The first-order valence-electron chi connectivity index (χ1n) is 10.2. The van der Waals surface area contributed by atoms with Gasteiger partial charge in [-0.15, -0.1) is 10.2 Å². The largest absolute Gasteiger partial charge is 0.416 e. The molecule has 8 heteroatoms. The molecule has 33 heavy (non-hydrogen) atoms. The Bertz CT molecular complexity index is 1300. The first kappa shape index (κ1) is 21.9. The number of amides is 2. The molecule has 0 unspecified atom stereocenters. The van der Waals surface area contributed by atoms with Crippen LogP contribution >= 0.6 is 0 Å². The van der Waals surface area contributed by atoms with Crippen molar-refractivity contribution in [2.45, 2.75) is 6.92 Å². The summed E-state index contributed by atoms with van der Waals surface area (Å²) in [5.74, 6) is -0.447. The zero-order valence-corrected chi connectivity index (χ0v) is 18.1. The molecular formula is C25H21FN4O3. The minimum absolute atomic E-state index is 0.180. The van der Waals surface area contributed by atoms with Gasteiger partial charge in [-0.05, 0) is 61.0 Å². The lowest BCUT2D eigenvalue weighted by atomic mass is 10.1. The molecule has 1 heterocycles. The fraction of sp³-hybridized carbons (Fsp3) is 0.120. The average molecular weight is 444 g/mol. The second-order valence-electron chi connectivity index (χ2n) is 7.52. The Morgan fingerprint density at radius 2 is 1.70 bits per heavy atom. The third kappa shape index (κ3) is 5.12. The van der Waals surface area contributed by atoms with Crippen molar-refractivity contribution in [1.29, 1.82) is 0 Å². The van der Waals surface area contributed by atoms with Crippen molar-refractivity contribution in [3.05, 3.63) is 89.7 Å². The summed E-state index contributed by atoms with van der Waals surface area (Å²) in [5, 5.41) is 10.8. The van der Waals surface area contributed by atoms with Gasteiger partial charge in [-0.2, -0.15) is 0 Å². The van der Waals surface area contributed by atoms with E-state index >= 15 is 0 Å². The predicted octanol–water partition coefficient (Wildman–Crippen LogP) is 4.56. The molecule has 0 aliphatic rings. The van der Waals surface area contributed by atoms with Crippen molar-refractivity contribution >= 4 is 17.5 Å². The summed E-state index contributed by atoms with van der Waals surface area (Å²) in [4.78, 5) is 26.2. The van der Waals surface area contributed by atoms with Crippen LogP contribution in [0.2, 0.25) is 0 Å². The lowest BCUT2D eigenvalue weighted by Gasteiger charge is -2.17. The van der Waals surface area contributed by atoms with E-state index in [4.69, 9.17) is 4.42 Å². The van der Waals surface area contributed by atoms with E-state index in [-0.39, 0.29) is 12.5 Å². The monoisotopic (exact) mass is 444 g/mol. The maximum atomic E-state index is 13.3. The van der Waals surface area contributed by atoms with Crippen LogP contribution in [-0.2, 0) is 4.79 Å². The SMILES string of the molecule is Cc1ccccc1-c1nnc(-c2ccc(C(=O)N(C)CC(=O)Nc3cccc(F)c3)cc2)o1. The van der Waals surface area contributed by atoms with Gasteiger partial charge >= 0.3 is 0 Å². The Kier molecular flexibility index (Phi) is 6.26. The zero-order chi connectivity index (χ0) is 23.4. The van der Waals surface area contributed by atoms with Crippen LogP contribution in [0.3, 0.4) is 0 Å². The lowest BCUT2D eigenvalue weighted by molar-refractivity contribution is -0.116. The molecule has 0 spiro atoms. The summed E-state index contributed by atoms with van der Waals surface area (Å²) in [6.45, 7) is 1.79. The molecule has 0 aliphatic carbocycles. The van der Waals surface area contributed by atoms with E-state index in [1.54, 1.807) is 30.3 Å². The number of rotatable bonds is 6. The fourth-order valence-corrected chi connectivity index (χ4v) is 3.29. The highest BCUT2D eigenvalue weighted by Gasteiger charge is 2.17. The summed E-state index contributed by atoms with van der Waals surface area (Å²) < 4.78 is 19.1. The van der Waals surface area contributed by atoms with Gasteiger partial charge in [-0.25, -0.2) is 4.39 Å². The first-order valence-corrected chi connectivity index (χ1v) is 10.2. The van der Waals surface area contributed by atoms with Gasteiger partial charge in [0.25, 0.3) is 5.91 Å². The van der Waals surface area contributed by atoms with E-state index < -0.39 is 11.7 Å². The third-order valence-corrected chi connectivity index (χ3v) is 5.02. The Hall–Kier alpha value is -4.33. The van der Waals surface area contributed by atoms with Gasteiger partial charge in [0.15, 0.2) is 0 Å². The number of nitrogens with one attached hydrogen (secondary N) is 1. The molecule has 2 amide bonds. The second-order valence-corrected chi connectivity index (χ2v) is 7.52. The van der Waals surface area contributed by atoms with Gasteiger partial charge in [0.05, 0.1) is 6.54 Å². The number of carbonyl (C=O) groups excluding carboxylic acids is 2. The van der Waals surface area contributed by atoms with Crippen molar-refractivity contribution in [2.24, 2.45) is 0 Å². The Balaban J connectivity index is 1.41. The summed E-state index contributed by atoms with van der Waals surface area (Å²) >= 11 is 0. The number of benzene rings is 3. The van der Waals surface area contributed by atoms with Gasteiger partial charge in [0.1, 0.15) is 5.82 Å². The molecule has 4 aromatic rings. The molecule has 4 rings (SSSR count). The van der Waals surface area contributed by atoms with Gasteiger partial charge in [0.2, 0.25) is 17.7 Å². The number of aromatic nitrogens is 2. The summed E-state index contributed by atoms with van der Waals surface area (Å²) in [6, 6.07) is 20.0. The highest BCUT2D eigenvalue weighted by atomic mass is 19.1. The highest BCUT2D eigenvalue weighted by molar-refractivity contribution is 5.99. The number of halogens is 1. The first-order chi connectivity index (χ1) is 15.9. The van der Waals surface area contributed by atoms with E-state index in [1.165, 1.54) is 30.1 Å². The van der Waals surface area contributed by atoms with Crippen LogP contribution in [0.4, 0.5) is 10.1 Å². The van der Waals surface area contributed by atoms with Crippen molar-refractivity contribution in [1.82, 2.24) is 15.1 Å². The quantitative estimate of drug-likeness (QED) is 0.471. The molecule has 3 aromatic carbocycles. The summed E-state index contributed by atoms with van der Waals surface area (Å²) in [6.07, 6.45) is 0. The van der Waals surface area contributed by atoms with Gasteiger partial charge < -0.3 is 14.6 Å². The number of anilines is 1. The number of carbonyl (C=O) groups is 2. The molecule has 1 aromatic heterocycles. The third-order valence-electron chi connectivity index (χ3n) is 5.02. The molecule has 0 bridgehead atoms. The summed E-state index contributed by atoms with van der Waals surface area (Å²) in [5.41, 5.74) is 3.29. The van der Waals surface area contributed by atoms with Crippen LogP contribution < -0.4 is 5.32 Å². The topological polar surface area (TPSA) is 88.3 Å². The van der Waals surface area contributed by atoms with Crippen molar-refractivity contribution in [2.75, 3.05) is 18.9 Å². The number of hydrogen-bond acceptors (Lipinski definition) is 5. The predicted molar refractivity (Wildman–Crippen MR) is 122 cm³/mol. The maximum Gasteiger partial charge on any atom is 0.254 e. The molecule has 0 saturated heterocycles. The van der Waals surface area contributed by atoms with Crippen molar-refractivity contribution in [3.63, 3.8) is 0 Å². The lowest BCUT2D eigenvalue weighted by Crippen LogP contribution is -2.34. The van der Waals surface area contributed by atoms with E-state index in [0.29, 0.717) is 28.6 Å².